The molecule has 0 bridgehead atoms. The maximum atomic E-state index is 11.6. The number of hydrogen-bond acceptors (Lipinski definition) is 2. The summed E-state index contributed by atoms with van der Waals surface area (Å²) < 4.78 is 0.725. The van der Waals surface area contributed by atoms with Gasteiger partial charge in [0.15, 0.2) is 0 Å². The van der Waals surface area contributed by atoms with Crippen LogP contribution < -0.4 is 5.56 Å². The molecule has 0 aliphatic rings. The molecule has 1 N–H and O–H groups in total. The Hall–Kier alpha value is -0.390. The summed E-state index contributed by atoms with van der Waals surface area (Å²) in [4.78, 5) is 18.9. The first kappa shape index (κ1) is 12.7. The molecule has 1 rings (SSSR count). The van der Waals surface area contributed by atoms with E-state index in [1.165, 1.54) is 0 Å². The molecule has 0 spiro atoms. The number of aromatic nitrogens is 2. The first-order valence-corrected chi connectivity index (χ1v) is 6.40. The van der Waals surface area contributed by atoms with Crippen LogP contribution in [0.1, 0.15) is 38.7 Å². The standard InChI is InChI=1S/C11H17IN2O/c1-4-8-10(12)11(15)14-9(13-8)6-5-7(2)3/h7H,4-6H2,1-3H3,(H,13,14,15). The lowest BCUT2D eigenvalue weighted by molar-refractivity contribution is 0.572. The third kappa shape index (κ3) is 3.59. The zero-order chi connectivity index (χ0) is 11.4. The molecule has 84 valence electrons. The van der Waals surface area contributed by atoms with E-state index in [4.69, 9.17) is 0 Å². The van der Waals surface area contributed by atoms with Gasteiger partial charge in [0.2, 0.25) is 0 Å². The van der Waals surface area contributed by atoms with E-state index in [-0.39, 0.29) is 5.56 Å². The van der Waals surface area contributed by atoms with Gasteiger partial charge in [0.25, 0.3) is 5.56 Å². The number of hydrogen-bond donors (Lipinski definition) is 1. The van der Waals surface area contributed by atoms with Crippen LogP contribution in [0.3, 0.4) is 0 Å². The molecule has 0 unspecified atom stereocenters. The minimum atomic E-state index is 0.00112. The summed E-state index contributed by atoms with van der Waals surface area (Å²) in [6.07, 6.45) is 2.74. The van der Waals surface area contributed by atoms with Gasteiger partial charge >= 0.3 is 0 Å². The average molecular weight is 320 g/mol. The number of aromatic amines is 1. The number of aryl methyl sites for hydroxylation is 2. The predicted octanol–water partition coefficient (Wildman–Crippen LogP) is 2.53. The zero-order valence-electron chi connectivity index (χ0n) is 9.43. The third-order valence-electron chi connectivity index (χ3n) is 2.27. The largest absolute Gasteiger partial charge is 0.310 e. The minimum absolute atomic E-state index is 0.00112. The smallest absolute Gasteiger partial charge is 0.264 e. The molecule has 0 saturated carbocycles. The fourth-order valence-corrected chi connectivity index (χ4v) is 1.97. The van der Waals surface area contributed by atoms with Crippen LogP contribution in [0, 0.1) is 9.49 Å². The van der Waals surface area contributed by atoms with Gasteiger partial charge in [0.05, 0.1) is 9.26 Å². The topological polar surface area (TPSA) is 45.8 Å². The number of H-pyrrole nitrogens is 1. The highest BCUT2D eigenvalue weighted by atomic mass is 127. The molecule has 4 heteroatoms. The van der Waals surface area contributed by atoms with Crippen LogP contribution in [0.25, 0.3) is 0 Å². The van der Waals surface area contributed by atoms with Crippen LogP contribution in [-0.4, -0.2) is 9.97 Å². The van der Waals surface area contributed by atoms with Crippen molar-refractivity contribution >= 4 is 22.6 Å². The van der Waals surface area contributed by atoms with Crippen LogP contribution in [-0.2, 0) is 12.8 Å². The van der Waals surface area contributed by atoms with E-state index in [1.54, 1.807) is 0 Å². The second-order valence-corrected chi connectivity index (χ2v) is 5.14. The van der Waals surface area contributed by atoms with Crippen LogP contribution in [0.2, 0.25) is 0 Å². The first-order chi connectivity index (χ1) is 7.04. The molecule has 3 nitrogen and oxygen atoms in total. The average Bonchev–Trinajstić information content (AvgIpc) is 2.19. The summed E-state index contributed by atoms with van der Waals surface area (Å²) >= 11 is 2.06. The SMILES string of the molecule is CCc1nc(CCC(C)C)[nH]c(=O)c1I. The Morgan fingerprint density at radius 1 is 1.47 bits per heavy atom. The van der Waals surface area contributed by atoms with Crippen LogP contribution in [0.5, 0.6) is 0 Å². The maximum Gasteiger partial charge on any atom is 0.264 e. The summed E-state index contributed by atoms with van der Waals surface area (Å²) in [6.45, 7) is 6.37. The lowest BCUT2D eigenvalue weighted by Crippen LogP contribution is -2.18. The number of nitrogens with zero attached hydrogens (tertiary/aromatic N) is 1. The summed E-state index contributed by atoms with van der Waals surface area (Å²) in [5.41, 5.74) is 0.916. The zero-order valence-corrected chi connectivity index (χ0v) is 11.6. The van der Waals surface area contributed by atoms with E-state index in [9.17, 15) is 4.79 Å². The van der Waals surface area contributed by atoms with Crippen molar-refractivity contribution in [1.29, 1.82) is 0 Å². The minimum Gasteiger partial charge on any atom is -0.310 e. The van der Waals surface area contributed by atoms with Crippen molar-refractivity contribution in [3.63, 3.8) is 0 Å². The van der Waals surface area contributed by atoms with Gasteiger partial charge in [-0.05, 0) is 41.4 Å². The molecule has 15 heavy (non-hydrogen) atoms. The van der Waals surface area contributed by atoms with E-state index in [1.807, 2.05) is 6.92 Å². The Bertz CT molecular complexity index is 385. The Morgan fingerprint density at radius 3 is 2.67 bits per heavy atom. The highest BCUT2D eigenvalue weighted by Crippen LogP contribution is 2.08. The lowest BCUT2D eigenvalue weighted by atomic mass is 10.1. The molecule has 1 aromatic heterocycles. The fraction of sp³-hybridized carbons (Fsp3) is 0.636. The van der Waals surface area contributed by atoms with E-state index in [0.29, 0.717) is 5.92 Å². The number of halogens is 1. The molecular formula is C11H17IN2O. The van der Waals surface area contributed by atoms with Crippen molar-refractivity contribution in [3.8, 4) is 0 Å². The van der Waals surface area contributed by atoms with E-state index < -0.39 is 0 Å². The highest BCUT2D eigenvalue weighted by Gasteiger charge is 2.07. The molecule has 0 aliphatic heterocycles. The molecule has 0 aliphatic carbocycles. The van der Waals surface area contributed by atoms with Gasteiger partial charge in [0, 0.05) is 6.42 Å². The quantitative estimate of drug-likeness (QED) is 0.867. The van der Waals surface area contributed by atoms with Crippen LogP contribution >= 0.6 is 22.6 Å². The van der Waals surface area contributed by atoms with Crippen molar-refractivity contribution in [3.05, 3.63) is 25.4 Å². The number of rotatable bonds is 4. The Labute approximate surface area is 104 Å². The molecule has 0 radical (unpaired) electrons. The fourth-order valence-electron chi connectivity index (χ4n) is 1.33. The predicted molar refractivity (Wildman–Crippen MR) is 70.1 cm³/mol. The van der Waals surface area contributed by atoms with Gasteiger partial charge in [0.1, 0.15) is 5.82 Å². The monoisotopic (exact) mass is 320 g/mol. The second-order valence-electron chi connectivity index (χ2n) is 4.06. The van der Waals surface area contributed by atoms with E-state index in [2.05, 4.69) is 46.4 Å². The van der Waals surface area contributed by atoms with Crippen molar-refractivity contribution < 1.29 is 0 Å². The van der Waals surface area contributed by atoms with Gasteiger partial charge in [-0.2, -0.15) is 0 Å². The summed E-state index contributed by atoms with van der Waals surface area (Å²) in [7, 11) is 0. The molecular weight excluding hydrogens is 303 g/mol. The van der Waals surface area contributed by atoms with Crippen molar-refractivity contribution in [2.75, 3.05) is 0 Å². The molecule has 0 atom stereocenters. The van der Waals surface area contributed by atoms with Crippen LogP contribution in [0.15, 0.2) is 4.79 Å². The first-order valence-electron chi connectivity index (χ1n) is 5.32. The van der Waals surface area contributed by atoms with Gasteiger partial charge in [-0.25, -0.2) is 4.98 Å². The summed E-state index contributed by atoms with van der Waals surface area (Å²) in [5, 5.41) is 0. The van der Waals surface area contributed by atoms with Gasteiger partial charge in [-0.3, -0.25) is 4.79 Å². The molecule has 0 amide bonds. The number of nitrogens with one attached hydrogen (secondary N) is 1. The highest BCUT2D eigenvalue weighted by molar-refractivity contribution is 14.1. The lowest BCUT2D eigenvalue weighted by Gasteiger charge is -2.06. The Kier molecular flexibility index (Phi) is 4.76. The van der Waals surface area contributed by atoms with Crippen LogP contribution in [0.4, 0.5) is 0 Å². The van der Waals surface area contributed by atoms with E-state index >= 15 is 0 Å². The molecule has 1 heterocycles. The Morgan fingerprint density at radius 2 is 2.13 bits per heavy atom. The molecule has 0 saturated heterocycles. The van der Waals surface area contributed by atoms with Gasteiger partial charge < -0.3 is 4.98 Å². The maximum absolute atomic E-state index is 11.6. The summed E-state index contributed by atoms with van der Waals surface area (Å²) in [6, 6.07) is 0. The normalized spacial score (nSPS) is 11.0. The van der Waals surface area contributed by atoms with Crippen molar-refractivity contribution in [2.24, 2.45) is 5.92 Å². The second kappa shape index (κ2) is 5.63. The third-order valence-corrected chi connectivity index (χ3v) is 3.39. The van der Waals surface area contributed by atoms with Gasteiger partial charge in [-0.15, -0.1) is 0 Å². The molecule has 1 aromatic rings. The van der Waals surface area contributed by atoms with Crippen molar-refractivity contribution in [2.45, 2.75) is 40.0 Å². The molecule has 0 fully saturated rings. The Balaban J connectivity index is 2.91. The van der Waals surface area contributed by atoms with Crippen molar-refractivity contribution in [1.82, 2.24) is 9.97 Å². The molecule has 0 aromatic carbocycles. The van der Waals surface area contributed by atoms with E-state index in [0.717, 1.165) is 34.4 Å². The van der Waals surface area contributed by atoms with Gasteiger partial charge in [-0.1, -0.05) is 20.8 Å². The summed E-state index contributed by atoms with van der Waals surface area (Å²) in [5.74, 6) is 1.46.